The van der Waals surface area contributed by atoms with E-state index in [1.165, 1.54) is 6.07 Å². The highest BCUT2D eigenvalue weighted by Crippen LogP contribution is 2.34. The summed E-state index contributed by atoms with van der Waals surface area (Å²) in [5.41, 5.74) is -1.07. The molecule has 3 rings (SSSR count). The van der Waals surface area contributed by atoms with Gasteiger partial charge in [0.2, 0.25) is 5.78 Å². The van der Waals surface area contributed by atoms with Crippen molar-refractivity contribution in [2.75, 3.05) is 0 Å². The maximum absolute atomic E-state index is 14.3. The molecule has 1 aliphatic carbocycles. The topological polar surface area (TPSA) is 63.6 Å². The number of Topliss-reactive ketones (excluding diaryl/α,β-unsaturated/α-hetero) is 1. The summed E-state index contributed by atoms with van der Waals surface area (Å²) >= 11 is 0. The Labute approximate surface area is 132 Å². The number of alkyl halides is 1. The molecule has 0 amide bonds. The van der Waals surface area contributed by atoms with Gasteiger partial charge in [0, 0.05) is 12.0 Å². The molecule has 2 aromatic carbocycles. The quantitative estimate of drug-likeness (QED) is 0.880. The van der Waals surface area contributed by atoms with Gasteiger partial charge in [-0.3, -0.25) is 4.79 Å². The van der Waals surface area contributed by atoms with Gasteiger partial charge in [-0.05, 0) is 35.7 Å². The van der Waals surface area contributed by atoms with E-state index in [9.17, 15) is 14.0 Å². The molecular weight excluding hydrogens is 299 g/mol. The zero-order valence-corrected chi connectivity index (χ0v) is 12.3. The summed E-state index contributed by atoms with van der Waals surface area (Å²) in [4.78, 5) is 23.1. The third kappa shape index (κ3) is 2.82. The van der Waals surface area contributed by atoms with Crippen LogP contribution in [0.2, 0.25) is 0 Å². The SMILES string of the molecule is O=C(O)C1(F)CCc2cc(OCc3ccccc3)ccc2C1=O. The van der Waals surface area contributed by atoms with Gasteiger partial charge in [0.25, 0.3) is 5.67 Å². The molecule has 118 valence electrons. The normalized spacial score (nSPS) is 20.0. The first-order chi connectivity index (χ1) is 11.0. The molecular formula is C18H15FO4. The first kappa shape index (κ1) is 15.2. The highest BCUT2D eigenvalue weighted by atomic mass is 19.1. The van der Waals surface area contributed by atoms with Crippen LogP contribution in [0.25, 0.3) is 0 Å². The van der Waals surface area contributed by atoms with Crippen molar-refractivity contribution in [3.63, 3.8) is 0 Å². The Morgan fingerprint density at radius 3 is 2.65 bits per heavy atom. The number of carboxylic acids is 1. The minimum Gasteiger partial charge on any atom is -0.489 e. The third-order valence-electron chi connectivity index (χ3n) is 4.01. The molecule has 0 aliphatic heterocycles. The number of carbonyl (C=O) groups is 2. The molecule has 1 unspecified atom stereocenters. The number of rotatable bonds is 4. The number of aryl methyl sites for hydroxylation is 1. The summed E-state index contributed by atoms with van der Waals surface area (Å²) in [6.07, 6.45) is -0.164. The van der Waals surface area contributed by atoms with Gasteiger partial charge in [0.15, 0.2) is 0 Å². The molecule has 23 heavy (non-hydrogen) atoms. The van der Waals surface area contributed by atoms with Crippen molar-refractivity contribution in [1.29, 1.82) is 0 Å². The lowest BCUT2D eigenvalue weighted by Gasteiger charge is -2.26. The molecule has 5 heteroatoms. The minimum absolute atomic E-state index is 0.119. The van der Waals surface area contributed by atoms with E-state index in [0.29, 0.717) is 17.9 Å². The van der Waals surface area contributed by atoms with Crippen LogP contribution < -0.4 is 4.74 Å². The number of fused-ring (bicyclic) bond motifs is 1. The molecule has 0 aromatic heterocycles. The van der Waals surface area contributed by atoms with Crippen LogP contribution in [0.4, 0.5) is 4.39 Å². The Balaban J connectivity index is 1.79. The van der Waals surface area contributed by atoms with E-state index in [1.807, 2.05) is 30.3 Å². The largest absolute Gasteiger partial charge is 0.489 e. The number of aliphatic carboxylic acids is 1. The molecule has 0 fully saturated rings. The molecule has 1 atom stereocenters. The van der Waals surface area contributed by atoms with Crippen LogP contribution in [-0.4, -0.2) is 22.5 Å². The van der Waals surface area contributed by atoms with Crippen LogP contribution in [-0.2, 0) is 17.8 Å². The van der Waals surface area contributed by atoms with Crippen molar-refractivity contribution in [3.8, 4) is 5.75 Å². The van der Waals surface area contributed by atoms with Gasteiger partial charge in [-0.25, -0.2) is 9.18 Å². The van der Waals surface area contributed by atoms with E-state index >= 15 is 0 Å². The highest BCUT2D eigenvalue weighted by molar-refractivity contribution is 6.16. The summed E-state index contributed by atoms with van der Waals surface area (Å²) in [6.45, 7) is 0.385. The first-order valence-corrected chi connectivity index (χ1v) is 7.27. The molecule has 0 bridgehead atoms. The van der Waals surface area contributed by atoms with Crippen LogP contribution >= 0.6 is 0 Å². The van der Waals surface area contributed by atoms with Crippen molar-refractivity contribution in [2.45, 2.75) is 25.1 Å². The van der Waals surface area contributed by atoms with E-state index in [0.717, 1.165) is 5.56 Å². The fourth-order valence-electron chi connectivity index (χ4n) is 2.67. The Hall–Kier alpha value is -2.69. The zero-order chi connectivity index (χ0) is 16.4. The number of hydrogen-bond donors (Lipinski definition) is 1. The van der Waals surface area contributed by atoms with Crippen molar-refractivity contribution < 1.29 is 23.8 Å². The van der Waals surface area contributed by atoms with Gasteiger partial charge in [-0.1, -0.05) is 30.3 Å². The molecule has 0 saturated carbocycles. The summed E-state index contributed by atoms with van der Waals surface area (Å²) in [7, 11) is 0. The third-order valence-corrected chi connectivity index (χ3v) is 4.01. The van der Waals surface area contributed by atoms with Crippen LogP contribution in [0.15, 0.2) is 48.5 Å². The second-order valence-electron chi connectivity index (χ2n) is 5.53. The maximum Gasteiger partial charge on any atom is 0.349 e. The average Bonchev–Trinajstić information content (AvgIpc) is 2.57. The number of ether oxygens (including phenoxy) is 1. The molecule has 2 aromatic rings. The fourth-order valence-corrected chi connectivity index (χ4v) is 2.67. The molecule has 0 radical (unpaired) electrons. The van der Waals surface area contributed by atoms with Crippen molar-refractivity contribution in [1.82, 2.24) is 0 Å². The molecule has 0 heterocycles. The van der Waals surface area contributed by atoms with Gasteiger partial charge in [0.05, 0.1) is 0 Å². The molecule has 0 saturated heterocycles. The Morgan fingerprint density at radius 1 is 1.22 bits per heavy atom. The van der Waals surface area contributed by atoms with E-state index in [1.54, 1.807) is 12.1 Å². The lowest BCUT2D eigenvalue weighted by molar-refractivity contribution is -0.147. The minimum atomic E-state index is -2.82. The predicted octanol–water partition coefficient (Wildman–Crippen LogP) is 3.19. The Morgan fingerprint density at radius 2 is 1.96 bits per heavy atom. The zero-order valence-electron chi connectivity index (χ0n) is 12.3. The van der Waals surface area contributed by atoms with Gasteiger partial charge in [0.1, 0.15) is 12.4 Å². The number of ketones is 1. The van der Waals surface area contributed by atoms with E-state index in [4.69, 9.17) is 9.84 Å². The lowest BCUT2D eigenvalue weighted by atomic mass is 9.80. The van der Waals surface area contributed by atoms with Crippen molar-refractivity contribution in [2.24, 2.45) is 0 Å². The Bertz CT molecular complexity index is 757. The Kier molecular flexibility index (Phi) is 3.86. The van der Waals surface area contributed by atoms with Gasteiger partial charge < -0.3 is 9.84 Å². The number of halogens is 1. The number of carbonyl (C=O) groups excluding carboxylic acids is 1. The van der Waals surface area contributed by atoms with Crippen LogP contribution in [0.1, 0.15) is 27.9 Å². The highest BCUT2D eigenvalue weighted by Gasteiger charge is 2.49. The fraction of sp³-hybridized carbons (Fsp3) is 0.222. The molecule has 4 nitrogen and oxygen atoms in total. The summed E-state index contributed by atoms with van der Waals surface area (Å²) in [6, 6.07) is 14.3. The van der Waals surface area contributed by atoms with Crippen molar-refractivity contribution in [3.05, 3.63) is 65.2 Å². The average molecular weight is 314 g/mol. The van der Waals surface area contributed by atoms with Crippen LogP contribution in [0.3, 0.4) is 0 Å². The lowest BCUT2D eigenvalue weighted by Crippen LogP contribution is -2.45. The van der Waals surface area contributed by atoms with Gasteiger partial charge in [-0.15, -0.1) is 0 Å². The molecule has 1 N–H and O–H groups in total. The van der Waals surface area contributed by atoms with E-state index < -0.39 is 17.4 Å². The summed E-state index contributed by atoms with van der Waals surface area (Å²) < 4.78 is 19.9. The van der Waals surface area contributed by atoms with E-state index in [2.05, 4.69) is 0 Å². The summed E-state index contributed by atoms with van der Waals surface area (Å²) in [5, 5.41) is 8.94. The second-order valence-corrected chi connectivity index (χ2v) is 5.53. The number of benzene rings is 2. The number of carboxylic acid groups (broad SMARTS) is 1. The second kappa shape index (κ2) is 5.83. The van der Waals surface area contributed by atoms with Crippen LogP contribution in [0, 0.1) is 0 Å². The van der Waals surface area contributed by atoms with Crippen LogP contribution in [0.5, 0.6) is 5.75 Å². The standard InChI is InChI=1S/C18H15FO4/c19-18(17(21)22)9-8-13-10-14(6-7-15(13)16(18)20)23-11-12-4-2-1-3-5-12/h1-7,10H,8-9,11H2,(H,21,22). The van der Waals surface area contributed by atoms with Crippen molar-refractivity contribution >= 4 is 11.8 Å². The smallest absolute Gasteiger partial charge is 0.349 e. The summed E-state index contributed by atoms with van der Waals surface area (Å²) in [5.74, 6) is -2.14. The maximum atomic E-state index is 14.3. The molecule has 1 aliphatic rings. The predicted molar refractivity (Wildman–Crippen MR) is 81.3 cm³/mol. The molecule has 0 spiro atoms. The van der Waals surface area contributed by atoms with Gasteiger partial charge in [-0.2, -0.15) is 0 Å². The first-order valence-electron chi connectivity index (χ1n) is 7.27. The number of hydrogen-bond acceptors (Lipinski definition) is 3. The van der Waals surface area contributed by atoms with E-state index in [-0.39, 0.29) is 18.4 Å². The van der Waals surface area contributed by atoms with Gasteiger partial charge >= 0.3 is 5.97 Å². The monoisotopic (exact) mass is 314 g/mol.